The standard InChI is InChI=1S/C8H13O3P/c1-3-8(11-5-4-9)7(2)12-6-10/h4,6,12H,3,5H2,1-2H3/b8-7+. The normalized spacial score (nSPS) is 12.8. The van der Waals surface area contributed by atoms with Crippen molar-refractivity contribution in [1.82, 2.24) is 0 Å². The van der Waals surface area contributed by atoms with Crippen molar-refractivity contribution in [2.45, 2.75) is 20.3 Å². The van der Waals surface area contributed by atoms with Gasteiger partial charge in [-0.2, -0.15) is 0 Å². The molecule has 0 saturated carbocycles. The summed E-state index contributed by atoms with van der Waals surface area (Å²) in [6, 6.07) is 0.856. The smallest absolute Gasteiger partial charge is 0.157 e. The fourth-order valence-electron chi connectivity index (χ4n) is 0.779. The minimum atomic E-state index is 0.0733. The summed E-state index contributed by atoms with van der Waals surface area (Å²) in [7, 11) is 0.145. The van der Waals surface area contributed by atoms with Gasteiger partial charge in [0, 0.05) is 6.42 Å². The van der Waals surface area contributed by atoms with Gasteiger partial charge in [0.2, 0.25) is 0 Å². The van der Waals surface area contributed by atoms with Crippen molar-refractivity contribution in [1.29, 1.82) is 0 Å². The van der Waals surface area contributed by atoms with Gasteiger partial charge in [0.15, 0.2) is 6.29 Å². The molecule has 12 heavy (non-hydrogen) atoms. The van der Waals surface area contributed by atoms with Gasteiger partial charge in [-0.05, 0) is 20.8 Å². The number of ether oxygens (including phenoxy) is 1. The number of hydrogen-bond donors (Lipinski definition) is 0. The highest BCUT2D eigenvalue weighted by Crippen LogP contribution is 2.24. The molecule has 0 aliphatic rings. The Morgan fingerprint density at radius 1 is 1.50 bits per heavy atom. The summed E-state index contributed by atoms with van der Waals surface area (Å²) in [4.78, 5) is 20.2. The van der Waals surface area contributed by atoms with Crippen LogP contribution in [0.2, 0.25) is 0 Å². The first-order valence-corrected chi connectivity index (χ1v) is 4.80. The molecule has 0 amide bonds. The molecule has 0 aliphatic heterocycles. The molecule has 1 unspecified atom stereocenters. The molecule has 0 saturated heterocycles. The number of aldehydes is 1. The maximum Gasteiger partial charge on any atom is 0.157 e. The number of allylic oxidation sites excluding steroid dienone is 2. The predicted octanol–water partition coefficient (Wildman–Crippen LogP) is 1.71. The van der Waals surface area contributed by atoms with Crippen LogP contribution in [0, 0.1) is 0 Å². The van der Waals surface area contributed by atoms with Crippen molar-refractivity contribution in [3.63, 3.8) is 0 Å². The van der Waals surface area contributed by atoms with Gasteiger partial charge in [0.1, 0.15) is 12.6 Å². The fraction of sp³-hybridized carbons (Fsp3) is 0.500. The highest BCUT2D eigenvalue weighted by molar-refractivity contribution is 7.59. The average Bonchev–Trinajstić information content (AvgIpc) is 2.06. The van der Waals surface area contributed by atoms with E-state index in [-0.39, 0.29) is 15.2 Å². The van der Waals surface area contributed by atoms with Crippen molar-refractivity contribution < 1.29 is 14.3 Å². The SMILES string of the molecule is CC/C(OCC=O)=C(/C)PC=O. The molecule has 0 aromatic heterocycles. The van der Waals surface area contributed by atoms with Crippen LogP contribution in [0.15, 0.2) is 11.1 Å². The van der Waals surface area contributed by atoms with Crippen LogP contribution in [0.3, 0.4) is 0 Å². The number of carbonyl (C=O) groups excluding carboxylic acids is 2. The Bertz CT molecular complexity index is 187. The number of hydrogen-bond acceptors (Lipinski definition) is 3. The van der Waals surface area contributed by atoms with Gasteiger partial charge in [-0.25, -0.2) is 0 Å². The first kappa shape index (κ1) is 11.3. The molecule has 0 aromatic carbocycles. The van der Waals surface area contributed by atoms with Crippen LogP contribution in [0.1, 0.15) is 20.3 Å². The molecule has 0 radical (unpaired) electrons. The lowest BCUT2D eigenvalue weighted by Gasteiger charge is -2.07. The van der Waals surface area contributed by atoms with Gasteiger partial charge in [-0.3, -0.25) is 9.59 Å². The Morgan fingerprint density at radius 2 is 2.17 bits per heavy atom. The van der Waals surface area contributed by atoms with Gasteiger partial charge in [-0.1, -0.05) is 6.92 Å². The summed E-state index contributed by atoms with van der Waals surface area (Å²) in [6.07, 6.45) is 1.42. The molecule has 0 heterocycles. The molecular formula is C8H13O3P. The molecule has 1 atom stereocenters. The van der Waals surface area contributed by atoms with Crippen LogP contribution in [0.4, 0.5) is 0 Å². The Morgan fingerprint density at radius 3 is 2.58 bits per heavy atom. The molecule has 0 fully saturated rings. The molecule has 0 bridgehead atoms. The van der Waals surface area contributed by atoms with Crippen LogP contribution in [-0.2, 0) is 14.3 Å². The van der Waals surface area contributed by atoms with Gasteiger partial charge >= 0.3 is 0 Å². The van der Waals surface area contributed by atoms with E-state index in [1.165, 1.54) is 0 Å². The third-order valence-corrected chi connectivity index (χ3v) is 2.17. The van der Waals surface area contributed by atoms with Crippen LogP contribution >= 0.6 is 8.58 Å². The van der Waals surface area contributed by atoms with Crippen LogP contribution in [-0.4, -0.2) is 18.9 Å². The summed E-state index contributed by atoms with van der Waals surface area (Å²) in [5.41, 5.74) is 0. The second-order valence-electron chi connectivity index (χ2n) is 2.14. The van der Waals surface area contributed by atoms with Crippen LogP contribution in [0.5, 0.6) is 0 Å². The van der Waals surface area contributed by atoms with Gasteiger partial charge < -0.3 is 4.74 Å². The molecule has 3 nitrogen and oxygen atoms in total. The van der Waals surface area contributed by atoms with E-state index in [1.807, 2.05) is 13.8 Å². The molecule has 0 rings (SSSR count). The Hall–Kier alpha value is -0.690. The van der Waals surface area contributed by atoms with E-state index in [9.17, 15) is 9.59 Å². The number of rotatable bonds is 6. The van der Waals surface area contributed by atoms with Crippen molar-refractivity contribution in [2.24, 2.45) is 0 Å². The zero-order valence-corrected chi connectivity index (χ0v) is 8.29. The number of carbonyl (C=O) groups is 2. The maximum absolute atomic E-state index is 10.2. The summed E-state index contributed by atoms with van der Waals surface area (Å²) < 4.78 is 5.11. The lowest BCUT2D eigenvalue weighted by molar-refractivity contribution is -0.110. The van der Waals surface area contributed by atoms with E-state index in [1.54, 1.807) is 0 Å². The lowest BCUT2D eigenvalue weighted by atomic mass is 10.4. The highest BCUT2D eigenvalue weighted by atomic mass is 31.1. The summed E-state index contributed by atoms with van der Waals surface area (Å²) in [5, 5.41) is 0.925. The zero-order chi connectivity index (χ0) is 9.40. The van der Waals surface area contributed by atoms with Gasteiger partial charge in [-0.15, -0.1) is 0 Å². The predicted molar refractivity (Wildman–Crippen MR) is 50.1 cm³/mol. The largest absolute Gasteiger partial charge is 0.490 e. The van der Waals surface area contributed by atoms with Crippen molar-refractivity contribution >= 4 is 20.9 Å². The summed E-state index contributed by atoms with van der Waals surface area (Å²) in [6.45, 7) is 3.85. The first-order chi connectivity index (χ1) is 5.76. The molecule has 0 aromatic rings. The van der Waals surface area contributed by atoms with Crippen molar-refractivity contribution in [3.05, 3.63) is 11.1 Å². The second kappa shape index (κ2) is 6.99. The topological polar surface area (TPSA) is 43.4 Å². The third-order valence-electron chi connectivity index (χ3n) is 1.34. The van der Waals surface area contributed by atoms with Crippen LogP contribution in [0.25, 0.3) is 0 Å². The zero-order valence-electron chi connectivity index (χ0n) is 7.29. The van der Waals surface area contributed by atoms with Crippen molar-refractivity contribution in [2.75, 3.05) is 6.61 Å². The molecule has 0 aliphatic carbocycles. The van der Waals surface area contributed by atoms with E-state index in [0.29, 0.717) is 6.29 Å². The van der Waals surface area contributed by atoms with E-state index >= 15 is 0 Å². The van der Waals surface area contributed by atoms with Gasteiger partial charge in [0.25, 0.3) is 0 Å². The second-order valence-corrected chi connectivity index (χ2v) is 3.42. The Kier molecular flexibility index (Phi) is 6.58. The summed E-state index contributed by atoms with van der Waals surface area (Å²) in [5.74, 6) is 0.757. The van der Waals surface area contributed by atoms with E-state index < -0.39 is 0 Å². The highest BCUT2D eigenvalue weighted by Gasteiger charge is 2.00. The van der Waals surface area contributed by atoms with E-state index in [2.05, 4.69) is 0 Å². The quantitative estimate of drug-likeness (QED) is 0.362. The minimum Gasteiger partial charge on any atom is -0.490 e. The molecule has 68 valence electrons. The van der Waals surface area contributed by atoms with Crippen LogP contribution < -0.4 is 0 Å². The van der Waals surface area contributed by atoms with E-state index in [4.69, 9.17) is 4.74 Å². The Balaban J connectivity index is 4.16. The fourth-order valence-corrected chi connectivity index (χ4v) is 1.37. The van der Waals surface area contributed by atoms with Gasteiger partial charge in [0.05, 0.1) is 5.76 Å². The van der Waals surface area contributed by atoms with Crippen molar-refractivity contribution in [3.8, 4) is 0 Å². The monoisotopic (exact) mass is 188 g/mol. The summed E-state index contributed by atoms with van der Waals surface area (Å²) >= 11 is 0. The van der Waals surface area contributed by atoms with E-state index in [0.717, 1.165) is 23.5 Å². The lowest BCUT2D eigenvalue weighted by Crippen LogP contribution is -1.96. The first-order valence-electron chi connectivity index (χ1n) is 3.72. The molecule has 0 spiro atoms. The molecule has 4 heteroatoms. The maximum atomic E-state index is 10.2. The molecular weight excluding hydrogens is 175 g/mol. The minimum absolute atomic E-state index is 0.0733. The average molecular weight is 188 g/mol. The molecule has 0 N–H and O–H groups in total. The Labute approximate surface area is 74.0 Å². The third kappa shape index (κ3) is 4.24.